The van der Waals surface area contributed by atoms with E-state index >= 15 is 0 Å². The Morgan fingerprint density at radius 1 is 1.07 bits per heavy atom. The summed E-state index contributed by atoms with van der Waals surface area (Å²) in [5.74, 6) is 0.440. The van der Waals surface area contributed by atoms with Gasteiger partial charge >= 0.3 is 0 Å². The van der Waals surface area contributed by atoms with Crippen molar-refractivity contribution < 1.29 is 9.13 Å². The highest BCUT2D eigenvalue weighted by Crippen LogP contribution is 2.36. The number of aryl methyl sites for hydroxylation is 1. The predicted octanol–water partition coefficient (Wildman–Crippen LogP) is 5.62. The maximum atomic E-state index is 13.9. The fourth-order valence-corrected chi connectivity index (χ4v) is 3.62. The van der Waals surface area contributed by atoms with Crippen LogP contribution in [0.1, 0.15) is 24.3 Å². The van der Waals surface area contributed by atoms with E-state index in [4.69, 9.17) is 27.9 Å². The second kappa shape index (κ2) is 8.38. The molecular formula is C21H16Cl2FN5O. The normalized spacial score (nSPS) is 12.0. The molecule has 4 aromatic rings. The third-order valence-electron chi connectivity index (χ3n) is 4.50. The van der Waals surface area contributed by atoms with Gasteiger partial charge < -0.3 is 4.74 Å². The average molecular weight is 444 g/mol. The summed E-state index contributed by atoms with van der Waals surface area (Å²) in [5.41, 5.74) is 2.67. The van der Waals surface area contributed by atoms with Gasteiger partial charge in [0.1, 0.15) is 17.7 Å². The van der Waals surface area contributed by atoms with E-state index in [-0.39, 0.29) is 5.02 Å². The molecule has 0 radical (unpaired) electrons. The van der Waals surface area contributed by atoms with Crippen molar-refractivity contribution in [1.82, 2.24) is 24.7 Å². The van der Waals surface area contributed by atoms with Gasteiger partial charge in [-0.15, -0.1) is 0 Å². The topological polar surface area (TPSA) is 65.7 Å². The van der Waals surface area contributed by atoms with Gasteiger partial charge in [-0.25, -0.2) is 19.0 Å². The van der Waals surface area contributed by atoms with Crippen LogP contribution >= 0.6 is 23.2 Å². The molecule has 1 unspecified atom stereocenters. The van der Waals surface area contributed by atoms with E-state index in [0.29, 0.717) is 28.0 Å². The molecule has 3 heterocycles. The van der Waals surface area contributed by atoms with Gasteiger partial charge in [0.25, 0.3) is 0 Å². The Balaban J connectivity index is 1.63. The molecule has 4 rings (SSSR count). The summed E-state index contributed by atoms with van der Waals surface area (Å²) in [5, 5.41) is 4.58. The van der Waals surface area contributed by atoms with Crippen molar-refractivity contribution in [3.8, 4) is 22.8 Å². The van der Waals surface area contributed by atoms with E-state index < -0.39 is 11.9 Å². The number of rotatable bonds is 5. The lowest BCUT2D eigenvalue weighted by molar-refractivity contribution is 0.224. The number of ether oxygens (including phenoxy) is 1. The van der Waals surface area contributed by atoms with Gasteiger partial charge in [0.15, 0.2) is 0 Å². The largest absolute Gasteiger partial charge is 0.484 e. The van der Waals surface area contributed by atoms with Crippen molar-refractivity contribution in [3.05, 3.63) is 82.4 Å². The number of hydrogen-bond donors (Lipinski definition) is 0. The molecule has 0 aliphatic carbocycles. The molecule has 6 nitrogen and oxygen atoms in total. The van der Waals surface area contributed by atoms with Crippen LogP contribution in [-0.2, 0) is 0 Å². The van der Waals surface area contributed by atoms with Crippen LogP contribution in [0.25, 0.3) is 17.1 Å². The van der Waals surface area contributed by atoms with Crippen molar-refractivity contribution in [3.63, 3.8) is 0 Å². The van der Waals surface area contributed by atoms with E-state index in [1.54, 1.807) is 48.7 Å². The van der Waals surface area contributed by atoms with Gasteiger partial charge in [0, 0.05) is 46.5 Å². The third kappa shape index (κ3) is 3.99. The van der Waals surface area contributed by atoms with Crippen molar-refractivity contribution in [2.24, 2.45) is 0 Å². The summed E-state index contributed by atoms with van der Waals surface area (Å²) in [6.07, 6.45) is 7.92. The Labute approximate surface area is 182 Å². The zero-order valence-corrected chi connectivity index (χ0v) is 17.6. The van der Waals surface area contributed by atoms with Gasteiger partial charge in [0.2, 0.25) is 5.95 Å². The highest BCUT2D eigenvalue weighted by Gasteiger charge is 2.20. The first kappa shape index (κ1) is 20.3. The molecule has 0 spiro atoms. The molecule has 0 aliphatic heterocycles. The molecule has 0 aliphatic rings. The Morgan fingerprint density at radius 3 is 2.60 bits per heavy atom. The van der Waals surface area contributed by atoms with Crippen LogP contribution < -0.4 is 4.74 Å². The molecule has 152 valence electrons. The van der Waals surface area contributed by atoms with Crippen LogP contribution in [-0.4, -0.2) is 24.7 Å². The first-order valence-electron chi connectivity index (χ1n) is 9.03. The van der Waals surface area contributed by atoms with Crippen molar-refractivity contribution >= 4 is 23.2 Å². The van der Waals surface area contributed by atoms with Gasteiger partial charge in [-0.1, -0.05) is 23.2 Å². The Kier molecular flexibility index (Phi) is 5.65. The SMILES string of the molecule is Cc1ncc(-c2cnn(-c3ncccn3)c2)cc1OC(C)c1c(Cl)ccc(F)c1Cl. The number of halogens is 3. The van der Waals surface area contributed by atoms with E-state index in [2.05, 4.69) is 20.1 Å². The number of benzene rings is 1. The standard InChI is InChI=1S/C21H16Cl2FN5O/c1-12-18(30-13(2)19-16(22)4-5-17(24)20(19)23)8-14(9-27-12)15-10-28-29(11-15)21-25-6-3-7-26-21/h3-11,13H,1-2H3. The minimum Gasteiger partial charge on any atom is -0.484 e. The van der Waals surface area contributed by atoms with Gasteiger partial charge in [-0.3, -0.25) is 4.98 Å². The summed E-state index contributed by atoms with van der Waals surface area (Å²) in [6.45, 7) is 3.57. The lowest BCUT2D eigenvalue weighted by Crippen LogP contribution is -2.07. The second-order valence-corrected chi connectivity index (χ2v) is 7.33. The second-order valence-electron chi connectivity index (χ2n) is 6.55. The van der Waals surface area contributed by atoms with Gasteiger partial charge in [0.05, 0.1) is 16.9 Å². The molecule has 0 bridgehead atoms. The van der Waals surface area contributed by atoms with Crippen LogP contribution in [0.3, 0.4) is 0 Å². The molecule has 0 saturated carbocycles. The molecule has 1 atom stereocenters. The summed E-state index contributed by atoms with van der Waals surface area (Å²) in [7, 11) is 0. The average Bonchev–Trinajstić information content (AvgIpc) is 3.24. The van der Waals surface area contributed by atoms with Crippen molar-refractivity contribution in [1.29, 1.82) is 0 Å². The smallest absolute Gasteiger partial charge is 0.250 e. The summed E-state index contributed by atoms with van der Waals surface area (Å²) in [6, 6.07) is 6.26. The predicted molar refractivity (Wildman–Crippen MR) is 113 cm³/mol. The van der Waals surface area contributed by atoms with E-state index in [9.17, 15) is 4.39 Å². The maximum absolute atomic E-state index is 13.9. The first-order chi connectivity index (χ1) is 14.4. The Morgan fingerprint density at radius 2 is 1.83 bits per heavy atom. The lowest BCUT2D eigenvalue weighted by Gasteiger charge is -2.19. The fraction of sp³-hybridized carbons (Fsp3) is 0.143. The third-order valence-corrected chi connectivity index (χ3v) is 5.22. The minimum absolute atomic E-state index is 0.0547. The molecule has 0 amide bonds. The zero-order chi connectivity index (χ0) is 21.3. The van der Waals surface area contributed by atoms with Crippen LogP contribution in [0.5, 0.6) is 5.75 Å². The van der Waals surface area contributed by atoms with Crippen LogP contribution in [0.4, 0.5) is 4.39 Å². The quantitative estimate of drug-likeness (QED) is 0.374. The van der Waals surface area contributed by atoms with Gasteiger partial charge in [-0.05, 0) is 38.1 Å². The molecule has 0 fully saturated rings. The lowest BCUT2D eigenvalue weighted by atomic mass is 10.1. The van der Waals surface area contributed by atoms with E-state index in [1.165, 1.54) is 12.1 Å². The van der Waals surface area contributed by atoms with Crippen LogP contribution in [0.15, 0.2) is 55.2 Å². The molecule has 30 heavy (non-hydrogen) atoms. The Hall–Kier alpha value is -3.03. The molecule has 1 aromatic carbocycles. The molecule has 0 N–H and O–H groups in total. The molecular weight excluding hydrogens is 428 g/mol. The van der Waals surface area contributed by atoms with E-state index in [0.717, 1.165) is 11.1 Å². The number of nitrogens with zero attached hydrogens (tertiary/aromatic N) is 5. The number of aromatic nitrogens is 5. The monoisotopic (exact) mass is 443 g/mol. The molecule has 9 heteroatoms. The van der Waals surface area contributed by atoms with Crippen molar-refractivity contribution in [2.45, 2.75) is 20.0 Å². The number of hydrogen-bond acceptors (Lipinski definition) is 5. The van der Waals surface area contributed by atoms with Crippen LogP contribution in [0.2, 0.25) is 10.0 Å². The summed E-state index contributed by atoms with van der Waals surface area (Å²) >= 11 is 12.3. The molecule has 0 saturated heterocycles. The Bertz CT molecular complexity index is 1200. The van der Waals surface area contributed by atoms with Crippen molar-refractivity contribution in [2.75, 3.05) is 0 Å². The van der Waals surface area contributed by atoms with Crippen LogP contribution in [0, 0.1) is 12.7 Å². The highest BCUT2D eigenvalue weighted by molar-refractivity contribution is 6.36. The molecule has 3 aromatic heterocycles. The summed E-state index contributed by atoms with van der Waals surface area (Å²) in [4.78, 5) is 12.8. The number of pyridine rings is 1. The fourth-order valence-electron chi connectivity index (χ4n) is 2.95. The first-order valence-corrected chi connectivity index (χ1v) is 9.78. The van der Waals surface area contributed by atoms with Gasteiger partial charge in [-0.2, -0.15) is 5.10 Å². The van der Waals surface area contributed by atoms with E-state index in [1.807, 2.05) is 13.0 Å². The summed E-state index contributed by atoms with van der Waals surface area (Å²) < 4.78 is 21.5. The highest BCUT2D eigenvalue weighted by atomic mass is 35.5. The maximum Gasteiger partial charge on any atom is 0.250 e. The zero-order valence-electron chi connectivity index (χ0n) is 16.1. The minimum atomic E-state index is -0.586.